The third kappa shape index (κ3) is 2.43. The van der Waals surface area contributed by atoms with Gasteiger partial charge in [0.2, 0.25) is 5.91 Å². The molecule has 2 aromatic carbocycles. The van der Waals surface area contributed by atoms with Crippen molar-refractivity contribution in [2.45, 2.75) is 0 Å². The van der Waals surface area contributed by atoms with E-state index in [9.17, 15) is 4.79 Å². The van der Waals surface area contributed by atoms with E-state index in [0.717, 1.165) is 11.1 Å². The highest BCUT2D eigenvalue weighted by Gasteiger charge is 2.09. The van der Waals surface area contributed by atoms with Gasteiger partial charge in [-0.2, -0.15) is 0 Å². The second kappa shape index (κ2) is 4.78. The van der Waals surface area contributed by atoms with Crippen molar-refractivity contribution < 1.29 is 4.79 Å². The minimum atomic E-state index is -0.502. The van der Waals surface area contributed by atoms with Gasteiger partial charge in [-0.15, -0.1) is 0 Å². The Kier molecular flexibility index (Phi) is 3.36. The number of rotatable bonds is 2. The second-order valence-electron chi connectivity index (χ2n) is 3.54. The highest BCUT2D eigenvalue weighted by molar-refractivity contribution is 6.36. The highest BCUT2D eigenvalue weighted by Crippen LogP contribution is 2.33. The van der Waals surface area contributed by atoms with Gasteiger partial charge < -0.3 is 5.73 Å². The highest BCUT2D eigenvalue weighted by atomic mass is 35.5. The van der Waals surface area contributed by atoms with Crippen molar-refractivity contribution >= 4 is 29.1 Å². The molecule has 0 bridgehead atoms. The Hall–Kier alpha value is -1.51. The van der Waals surface area contributed by atoms with Crippen molar-refractivity contribution in [2.75, 3.05) is 0 Å². The topological polar surface area (TPSA) is 43.1 Å². The molecule has 0 aliphatic carbocycles. The van der Waals surface area contributed by atoms with Crippen molar-refractivity contribution in [2.24, 2.45) is 5.73 Å². The van der Waals surface area contributed by atoms with Crippen molar-refractivity contribution in [1.82, 2.24) is 0 Å². The molecule has 86 valence electrons. The standard InChI is InChI=1S/C13H9Cl2NO/c14-11-4-2-1-3-9(11)10-6-5-8(13(16)17)7-12(10)15/h1-7H,(H2,16,17). The van der Waals surface area contributed by atoms with Gasteiger partial charge in [0.15, 0.2) is 0 Å². The maximum absolute atomic E-state index is 11.0. The number of carbonyl (C=O) groups is 1. The Labute approximate surface area is 109 Å². The monoisotopic (exact) mass is 265 g/mol. The largest absolute Gasteiger partial charge is 0.366 e. The first-order valence-corrected chi connectivity index (χ1v) is 5.69. The molecule has 2 nitrogen and oxygen atoms in total. The van der Waals surface area contributed by atoms with E-state index >= 15 is 0 Å². The molecule has 0 radical (unpaired) electrons. The average molecular weight is 266 g/mol. The summed E-state index contributed by atoms with van der Waals surface area (Å²) in [6, 6.07) is 12.3. The molecule has 0 aromatic heterocycles. The third-order valence-electron chi connectivity index (χ3n) is 2.42. The van der Waals surface area contributed by atoms with E-state index in [1.165, 1.54) is 0 Å². The quantitative estimate of drug-likeness (QED) is 0.883. The SMILES string of the molecule is NC(=O)c1ccc(-c2ccccc2Cl)c(Cl)c1. The summed E-state index contributed by atoms with van der Waals surface area (Å²) in [5, 5.41) is 1.07. The minimum absolute atomic E-state index is 0.380. The fourth-order valence-electron chi connectivity index (χ4n) is 1.57. The summed E-state index contributed by atoms with van der Waals surface area (Å²) >= 11 is 12.2. The van der Waals surface area contributed by atoms with Crippen molar-refractivity contribution in [3.8, 4) is 11.1 Å². The van der Waals surface area contributed by atoms with Crippen molar-refractivity contribution in [3.63, 3.8) is 0 Å². The molecule has 0 unspecified atom stereocenters. The molecule has 0 aliphatic heterocycles. The van der Waals surface area contributed by atoms with Gasteiger partial charge in [0, 0.05) is 26.7 Å². The van der Waals surface area contributed by atoms with Crippen LogP contribution in [0, 0.1) is 0 Å². The Morgan fingerprint density at radius 2 is 1.59 bits per heavy atom. The Morgan fingerprint density at radius 3 is 2.18 bits per heavy atom. The van der Waals surface area contributed by atoms with Crippen LogP contribution in [0.15, 0.2) is 42.5 Å². The predicted octanol–water partition coefficient (Wildman–Crippen LogP) is 3.76. The minimum Gasteiger partial charge on any atom is -0.366 e. The molecule has 2 rings (SSSR count). The van der Waals surface area contributed by atoms with Crippen molar-refractivity contribution in [1.29, 1.82) is 0 Å². The van der Waals surface area contributed by atoms with Crippen molar-refractivity contribution in [3.05, 3.63) is 58.1 Å². The van der Waals surface area contributed by atoms with E-state index in [-0.39, 0.29) is 0 Å². The molecular formula is C13H9Cl2NO. The Bertz CT molecular complexity index is 581. The van der Waals surface area contributed by atoms with Crippen LogP contribution in [-0.2, 0) is 0 Å². The zero-order valence-corrected chi connectivity index (χ0v) is 10.3. The lowest BCUT2D eigenvalue weighted by molar-refractivity contribution is 0.100. The van der Waals surface area contributed by atoms with Gasteiger partial charge in [-0.05, 0) is 18.2 Å². The lowest BCUT2D eigenvalue weighted by Gasteiger charge is -2.07. The van der Waals surface area contributed by atoms with Crippen LogP contribution < -0.4 is 5.73 Å². The number of benzene rings is 2. The van der Waals surface area contributed by atoms with Crippen LogP contribution >= 0.6 is 23.2 Å². The first-order valence-electron chi connectivity index (χ1n) is 4.94. The number of hydrogen-bond acceptors (Lipinski definition) is 1. The van der Waals surface area contributed by atoms with Gasteiger partial charge in [0.25, 0.3) is 0 Å². The summed E-state index contributed by atoms with van der Waals surface area (Å²) in [7, 11) is 0. The van der Waals surface area contributed by atoms with E-state index in [1.807, 2.05) is 18.2 Å². The van der Waals surface area contributed by atoms with Gasteiger partial charge >= 0.3 is 0 Å². The summed E-state index contributed by atoms with van der Waals surface area (Å²) < 4.78 is 0. The summed E-state index contributed by atoms with van der Waals surface area (Å²) in [4.78, 5) is 11.0. The molecule has 0 spiro atoms. The van der Waals surface area contributed by atoms with Crippen LogP contribution in [0.1, 0.15) is 10.4 Å². The number of amides is 1. The number of nitrogens with two attached hydrogens (primary N) is 1. The molecule has 2 aromatic rings. The van der Waals surface area contributed by atoms with E-state index < -0.39 is 5.91 Å². The van der Waals surface area contributed by atoms with Gasteiger partial charge in [-0.25, -0.2) is 0 Å². The van der Waals surface area contributed by atoms with Crippen LogP contribution in [0.2, 0.25) is 10.0 Å². The van der Waals surface area contributed by atoms with Gasteiger partial charge in [-0.1, -0.05) is 47.5 Å². The molecule has 0 fully saturated rings. The molecule has 0 saturated heterocycles. The molecule has 0 heterocycles. The summed E-state index contributed by atoms with van der Waals surface area (Å²) in [5.41, 5.74) is 7.17. The fourth-order valence-corrected chi connectivity index (χ4v) is 2.09. The zero-order valence-electron chi connectivity index (χ0n) is 8.78. The predicted molar refractivity (Wildman–Crippen MR) is 70.4 cm³/mol. The Morgan fingerprint density at radius 1 is 0.941 bits per heavy atom. The Balaban J connectivity index is 2.55. The summed E-state index contributed by atoms with van der Waals surface area (Å²) in [6.45, 7) is 0. The number of halogens is 2. The molecule has 0 atom stereocenters. The normalized spacial score (nSPS) is 10.2. The van der Waals surface area contributed by atoms with Crippen LogP contribution in [-0.4, -0.2) is 5.91 Å². The van der Waals surface area contributed by atoms with E-state index in [2.05, 4.69) is 0 Å². The molecule has 2 N–H and O–H groups in total. The number of hydrogen-bond donors (Lipinski definition) is 1. The van der Waals surface area contributed by atoms with Gasteiger partial charge in [-0.3, -0.25) is 4.79 Å². The molecule has 17 heavy (non-hydrogen) atoms. The maximum atomic E-state index is 11.0. The molecule has 0 saturated carbocycles. The average Bonchev–Trinajstić information content (AvgIpc) is 2.30. The van der Waals surface area contributed by atoms with Crippen LogP contribution in [0.3, 0.4) is 0 Å². The summed E-state index contributed by atoms with van der Waals surface area (Å²) in [5.74, 6) is -0.502. The first kappa shape index (κ1) is 12.0. The molecular weight excluding hydrogens is 257 g/mol. The number of primary amides is 1. The van der Waals surface area contributed by atoms with Crippen LogP contribution in [0.5, 0.6) is 0 Å². The van der Waals surface area contributed by atoms with Gasteiger partial charge in [0.1, 0.15) is 0 Å². The first-order chi connectivity index (χ1) is 8.09. The summed E-state index contributed by atoms with van der Waals surface area (Å²) in [6.07, 6.45) is 0. The zero-order chi connectivity index (χ0) is 12.4. The maximum Gasteiger partial charge on any atom is 0.248 e. The lowest BCUT2D eigenvalue weighted by Crippen LogP contribution is -2.10. The van der Waals surface area contributed by atoms with E-state index in [0.29, 0.717) is 15.6 Å². The third-order valence-corrected chi connectivity index (χ3v) is 3.06. The van der Waals surface area contributed by atoms with Gasteiger partial charge in [0.05, 0.1) is 0 Å². The van der Waals surface area contributed by atoms with Crippen LogP contribution in [0.25, 0.3) is 11.1 Å². The molecule has 1 amide bonds. The van der Waals surface area contributed by atoms with E-state index in [1.54, 1.807) is 24.3 Å². The lowest BCUT2D eigenvalue weighted by atomic mass is 10.0. The fraction of sp³-hybridized carbons (Fsp3) is 0. The second-order valence-corrected chi connectivity index (χ2v) is 4.35. The van der Waals surface area contributed by atoms with E-state index in [4.69, 9.17) is 28.9 Å². The van der Waals surface area contributed by atoms with Crippen LogP contribution in [0.4, 0.5) is 0 Å². The smallest absolute Gasteiger partial charge is 0.248 e. The molecule has 0 aliphatic rings. The number of carbonyl (C=O) groups excluding carboxylic acids is 1. The molecule has 4 heteroatoms.